The minimum atomic E-state index is 0.0162. The van der Waals surface area contributed by atoms with E-state index in [0.29, 0.717) is 17.9 Å². The summed E-state index contributed by atoms with van der Waals surface area (Å²) in [5, 5.41) is 2.86. The van der Waals surface area contributed by atoms with Crippen LogP contribution < -0.4 is 11.1 Å². The van der Waals surface area contributed by atoms with Crippen LogP contribution in [0.5, 0.6) is 0 Å². The summed E-state index contributed by atoms with van der Waals surface area (Å²) in [4.78, 5) is 14.0. The summed E-state index contributed by atoms with van der Waals surface area (Å²) in [6, 6.07) is 5.67. The first-order valence-corrected chi connectivity index (χ1v) is 6.03. The summed E-state index contributed by atoms with van der Waals surface area (Å²) in [7, 11) is 0. The van der Waals surface area contributed by atoms with Crippen LogP contribution in [0, 0.1) is 6.92 Å². The molecule has 0 aromatic heterocycles. The number of nitrogen functional groups attached to an aromatic ring is 1. The molecule has 4 heteroatoms. The molecule has 0 radical (unpaired) electrons. The number of likely N-dealkylation sites (tertiary alicyclic amines) is 1. The number of amides is 1. The van der Waals surface area contributed by atoms with Crippen LogP contribution >= 0.6 is 0 Å². The van der Waals surface area contributed by atoms with Crippen LogP contribution in [-0.4, -0.2) is 30.4 Å². The lowest BCUT2D eigenvalue weighted by molar-refractivity contribution is -0.117. The van der Waals surface area contributed by atoms with E-state index in [4.69, 9.17) is 5.73 Å². The van der Waals surface area contributed by atoms with Crippen molar-refractivity contribution in [2.75, 3.05) is 30.7 Å². The van der Waals surface area contributed by atoms with E-state index in [1.54, 1.807) is 0 Å². The van der Waals surface area contributed by atoms with Gasteiger partial charge in [0, 0.05) is 0 Å². The fourth-order valence-electron chi connectivity index (χ4n) is 2.13. The summed E-state index contributed by atoms with van der Waals surface area (Å²) in [5.74, 6) is 0.0162. The topological polar surface area (TPSA) is 58.4 Å². The van der Waals surface area contributed by atoms with Crippen LogP contribution in [0.2, 0.25) is 0 Å². The highest BCUT2D eigenvalue weighted by Crippen LogP contribution is 2.19. The van der Waals surface area contributed by atoms with E-state index in [1.807, 2.05) is 25.1 Å². The highest BCUT2D eigenvalue weighted by Gasteiger charge is 2.15. The second-order valence-electron chi connectivity index (χ2n) is 4.62. The Balaban J connectivity index is 1.93. The van der Waals surface area contributed by atoms with Gasteiger partial charge in [-0.25, -0.2) is 0 Å². The van der Waals surface area contributed by atoms with Crippen molar-refractivity contribution < 1.29 is 4.79 Å². The monoisotopic (exact) mass is 233 g/mol. The Morgan fingerprint density at radius 3 is 2.76 bits per heavy atom. The van der Waals surface area contributed by atoms with Gasteiger partial charge in [-0.15, -0.1) is 0 Å². The first-order chi connectivity index (χ1) is 8.15. The Hall–Kier alpha value is -1.55. The predicted molar refractivity (Wildman–Crippen MR) is 69.9 cm³/mol. The van der Waals surface area contributed by atoms with Crippen molar-refractivity contribution in [3.63, 3.8) is 0 Å². The van der Waals surface area contributed by atoms with Crippen LogP contribution in [0.3, 0.4) is 0 Å². The molecule has 1 heterocycles. The number of aryl methyl sites for hydroxylation is 1. The summed E-state index contributed by atoms with van der Waals surface area (Å²) < 4.78 is 0. The van der Waals surface area contributed by atoms with Crippen LogP contribution in [0.1, 0.15) is 18.4 Å². The van der Waals surface area contributed by atoms with Crippen molar-refractivity contribution in [2.24, 2.45) is 0 Å². The van der Waals surface area contributed by atoms with Gasteiger partial charge in [0.05, 0.1) is 17.9 Å². The molecule has 92 valence electrons. The van der Waals surface area contributed by atoms with Gasteiger partial charge in [0.2, 0.25) is 5.91 Å². The summed E-state index contributed by atoms with van der Waals surface area (Å²) in [6.07, 6.45) is 2.39. The van der Waals surface area contributed by atoms with E-state index >= 15 is 0 Å². The van der Waals surface area contributed by atoms with Crippen molar-refractivity contribution in [3.8, 4) is 0 Å². The molecule has 1 aliphatic heterocycles. The number of anilines is 2. The number of benzene rings is 1. The van der Waals surface area contributed by atoms with Crippen LogP contribution in [-0.2, 0) is 4.79 Å². The minimum Gasteiger partial charge on any atom is -0.397 e. The molecule has 0 bridgehead atoms. The second-order valence-corrected chi connectivity index (χ2v) is 4.62. The molecule has 1 aliphatic rings. The van der Waals surface area contributed by atoms with Crippen molar-refractivity contribution in [1.82, 2.24) is 4.90 Å². The summed E-state index contributed by atoms with van der Waals surface area (Å²) >= 11 is 0. The fraction of sp³-hybridized carbons (Fsp3) is 0.462. The van der Waals surface area contributed by atoms with Crippen molar-refractivity contribution in [3.05, 3.63) is 23.8 Å². The molecule has 1 saturated heterocycles. The third-order valence-corrected chi connectivity index (χ3v) is 3.05. The standard InChI is InChI=1S/C13H19N3O/c1-10-4-5-12(11(14)8-10)15-13(17)9-16-6-2-3-7-16/h4-5,8H,2-3,6-7,9,14H2,1H3,(H,15,17). The van der Waals surface area contributed by atoms with Crippen LogP contribution in [0.4, 0.5) is 11.4 Å². The average molecular weight is 233 g/mol. The molecule has 17 heavy (non-hydrogen) atoms. The maximum Gasteiger partial charge on any atom is 0.238 e. The largest absolute Gasteiger partial charge is 0.397 e. The summed E-state index contributed by atoms with van der Waals surface area (Å²) in [6.45, 7) is 4.49. The molecule has 4 nitrogen and oxygen atoms in total. The molecule has 1 fully saturated rings. The molecule has 0 unspecified atom stereocenters. The minimum absolute atomic E-state index is 0.0162. The van der Waals surface area contributed by atoms with E-state index in [-0.39, 0.29) is 5.91 Å². The van der Waals surface area contributed by atoms with E-state index in [0.717, 1.165) is 18.7 Å². The average Bonchev–Trinajstić information content (AvgIpc) is 2.75. The third kappa shape index (κ3) is 3.20. The number of nitrogens with one attached hydrogen (secondary N) is 1. The molecule has 2 rings (SSSR count). The van der Waals surface area contributed by atoms with E-state index < -0.39 is 0 Å². The number of hydrogen-bond donors (Lipinski definition) is 2. The van der Waals surface area contributed by atoms with Gasteiger partial charge in [-0.3, -0.25) is 9.69 Å². The zero-order chi connectivity index (χ0) is 12.3. The number of carbonyl (C=O) groups excluding carboxylic acids is 1. The highest BCUT2D eigenvalue weighted by atomic mass is 16.2. The molecule has 1 aromatic rings. The van der Waals surface area contributed by atoms with Gasteiger partial charge in [0.1, 0.15) is 0 Å². The van der Waals surface area contributed by atoms with Gasteiger partial charge in [0.15, 0.2) is 0 Å². The number of hydrogen-bond acceptors (Lipinski definition) is 3. The molecule has 0 atom stereocenters. The van der Waals surface area contributed by atoms with Gasteiger partial charge < -0.3 is 11.1 Å². The Bertz CT molecular complexity index is 411. The molecule has 1 amide bonds. The third-order valence-electron chi connectivity index (χ3n) is 3.05. The van der Waals surface area contributed by atoms with E-state index in [1.165, 1.54) is 12.8 Å². The molecular weight excluding hydrogens is 214 g/mol. The Labute approximate surface area is 102 Å². The van der Waals surface area contributed by atoms with Gasteiger partial charge in [-0.05, 0) is 50.6 Å². The fourth-order valence-corrected chi connectivity index (χ4v) is 2.13. The lowest BCUT2D eigenvalue weighted by Crippen LogP contribution is -2.31. The first kappa shape index (κ1) is 11.9. The number of carbonyl (C=O) groups is 1. The van der Waals surface area contributed by atoms with Gasteiger partial charge >= 0.3 is 0 Å². The molecule has 0 aliphatic carbocycles. The zero-order valence-corrected chi connectivity index (χ0v) is 10.2. The first-order valence-electron chi connectivity index (χ1n) is 6.03. The zero-order valence-electron chi connectivity index (χ0n) is 10.2. The Kier molecular flexibility index (Phi) is 3.64. The lowest BCUT2D eigenvalue weighted by atomic mass is 10.2. The molecule has 0 saturated carbocycles. The van der Waals surface area contributed by atoms with Crippen molar-refractivity contribution in [2.45, 2.75) is 19.8 Å². The smallest absolute Gasteiger partial charge is 0.238 e. The Morgan fingerprint density at radius 1 is 1.41 bits per heavy atom. The van der Waals surface area contributed by atoms with E-state index in [9.17, 15) is 4.79 Å². The normalized spacial score (nSPS) is 16.1. The molecule has 0 spiro atoms. The second kappa shape index (κ2) is 5.19. The van der Waals surface area contributed by atoms with Crippen LogP contribution in [0.25, 0.3) is 0 Å². The van der Waals surface area contributed by atoms with Gasteiger partial charge in [-0.1, -0.05) is 6.07 Å². The SMILES string of the molecule is Cc1ccc(NC(=O)CN2CCCC2)c(N)c1. The quantitative estimate of drug-likeness (QED) is 0.780. The van der Waals surface area contributed by atoms with E-state index in [2.05, 4.69) is 10.2 Å². The van der Waals surface area contributed by atoms with Crippen molar-refractivity contribution >= 4 is 17.3 Å². The number of nitrogens with zero attached hydrogens (tertiary/aromatic N) is 1. The summed E-state index contributed by atoms with van der Waals surface area (Å²) in [5.41, 5.74) is 8.28. The van der Waals surface area contributed by atoms with Crippen molar-refractivity contribution in [1.29, 1.82) is 0 Å². The molecule has 1 aromatic carbocycles. The number of rotatable bonds is 3. The van der Waals surface area contributed by atoms with Gasteiger partial charge in [-0.2, -0.15) is 0 Å². The highest BCUT2D eigenvalue weighted by molar-refractivity contribution is 5.95. The molecular formula is C13H19N3O. The Morgan fingerprint density at radius 2 is 2.12 bits per heavy atom. The predicted octanol–water partition coefficient (Wildman–Crippen LogP) is 1.61. The lowest BCUT2D eigenvalue weighted by Gasteiger charge is -2.15. The maximum absolute atomic E-state index is 11.8. The van der Waals surface area contributed by atoms with Crippen LogP contribution in [0.15, 0.2) is 18.2 Å². The number of nitrogens with two attached hydrogens (primary N) is 1. The van der Waals surface area contributed by atoms with Gasteiger partial charge in [0.25, 0.3) is 0 Å². The molecule has 3 N–H and O–H groups in total. The maximum atomic E-state index is 11.8.